The highest BCUT2D eigenvalue weighted by molar-refractivity contribution is 5.17. The van der Waals surface area contributed by atoms with Crippen molar-refractivity contribution in [2.75, 3.05) is 6.79 Å². The van der Waals surface area contributed by atoms with Crippen molar-refractivity contribution >= 4 is 0 Å². The standard InChI is InChI=1S/C12H17NO2/c1-3-12(2,13-14-10-15-13)9-11-7-5-4-6-8-11/h4-8H,3,9-10H2,1-2H3. The van der Waals surface area contributed by atoms with Gasteiger partial charge in [-0.1, -0.05) is 42.5 Å². The van der Waals surface area contributed by atoms with Crippen LogP contribution in [0.25, 0.3) is 0 Å². The van der Waals surface area contributed by atoms with Gasteiger partial charge < -0.3 is 0 Å². The molecule has 1 aromatic carbocycles. The van der Waals surface area contributed by atoms with Crippen molar-refractivity contribution in [1.82, 2.24) is 5.23 Å². The summed E-state index contributed by atoms with van der Waals surface area (Å²) in [6.07, 6.45) is 1.92. The molecule has 2 rings (SSSR count). The summed E-state index contributed by atoms with van der Waals surface area (Å²) < 4.78 is 0. The number of rotatable bonds is 4. The topological polar surface area (TPSA) is 21.7 Å². The first kappa shape index (κ1) is 10.6. The Labute approximate surface area is 90.5 Å². The molecule has 1 aliphatic heterocycles. The van der Waals surface area contributed by atoms with Crippen LogP contribution in [0.5, 0.6) is 0 Å². The summed E-state index contributed by atoms with van der Waals surface area (Å²) in [6, 6.07) is 10.4. The molecule has 0 bridgehead atoms. The van der Waals surface area contributed by atoms with Crippen LogP contribution in [0.15, 0.2) is 30.3 Å². The van der Waals surface area contributed by atoms with Gasteiger partial charge in [0.2, 0.25) is 0 Å². The van der Waals surface area contributed by atoms with E-state index in [0.717, 1.165) is 12.8 Å². The molecule has 0 radical (unpaired) electrons. The molecule has 1 aliphatic rings. The quantitative estimate of drug-likeness (QED) is 0.757. The van der Waals surface area contributed by atoms with Gasteiger partial charge in [-0.15, -0.1) is 0 Å². The van der Waals surface area contributed by atoms with Crippen LogP contribution in [0.3, 0.4) is 0 Å². The van der Waals surface area contributed by atoms with Crippen molar-refractivity contribution in [3.8, 4) is 0 Å². The van der Waals surface area contributed by atoms with E-state index in [9.17, 15) is 0 Å². The Morgan fingerprint density at radius 1 is 1.27 bits per heavy atom. The Kier molecular flexibility index (Phi) is 3.05. The minimum atomic E-state index is -0.0698. The number of hydrogen-bond acceptors (Lipinski definition) is 3. The van der Waals surface area contributed by atoms with Crippen molar-refractivity contribution in [3.63, 3.8) is 0 Å². The minimum absolute atomic E-state index is 0.0698. The van der Waals surface area contributed by atoms with E-state index >= 15 is 0 Å². The molecule has 1 aromatic rings. The second kappa shape index (κ2) is 4.31. The molecule has 15 heavy (non-hydrogen) atoms. The molecule has 0 spiro atoms. The van der Waals surface area contributed by atoms with E-state index in [0.29, 0.717) is 6.79 Å². The van der Waals surface area contributed by atoms with Crippen molar-refractivity contribution in [1.29, 1.82) is 0 Å². The number of benzene rings is 1. The zero-order valence-corrected chi connectivity index (χ0v) is 9.27. The summed E-state index contributed by atoms with van der Waals surface area (Å²) in [5, 5.41) is 1.62. The van der Waals surface area contributed by atoms with Crippen LogP contribution >= 0.6 is 0 Å². The first-order chi connectivity index (χ1) is 7.24. The summed E-state index contributed by atoms with van der Waals surface area (Å²) >= 11 is 0. The summed E-state index contributed by atoms with van der Waals surface area (Å²) in [5.74, 6) is 0. The van der Waals surface area contributed by atoms with Crippen LogP contribution in [-0.4, -0.2) is 17.6 Å². The molecular formula is C12H17NO2. The zero-order chi connectivity index (χ0) is 10.7. The van der Waals surface area contributed by atoms with Gasteiger partial charge in [-0.05, 0) is 25.3 Å². The summed E-state index contributed by atoms with van der Waals surface area (Å²) in [4.78, 5) is 10.5. The second-order valence-corrected chi connectivity index (χ2v) is 4.15. The Bertz CT molecular complexity index is 311. The van der Waals surface area contributed by atoms with Crippen LogP contribution in [0.1, 0.15) is 25.8 Å². The first-order valence-corrected chi connectivity index (χ1v) is 5.34. The second-order valence-electron chi connectivity index (χ2n) is 4.15. The smallest absolute Gasteiger partial charge is 0.192 e. The molecule has 3 heteroatoms. The molecule has 1 unspecified atom stereocenters. The van der Waals surface area contributed by atoms with Crippen molar-refractivity contribution < 1.29 is 9.68 Å². The van der Waals surface area contributed by atoms with Gasteiger partial charge in [-0.25, -0.2) is 9.68 Å². The third kappa shape index (κ3) is 2.20. The fraction of sp³-hybridized carbons (Fsp3) is 0.500. The SMILES string of the molecule is CCC(C)(Cc1ccccc1)N1OCO1. The van der Waals surface area contributed by atoms with Gasteiger partial charge in [0.1, 0.15) is 0 Å². The lowest BCUT2D eigenvalue weighted by Crippen LogP contribution is -2.53. The molecule has 1 atom stereocenters. The van der Waals surface area contributed by atoms with Crippen molar-refractivity contribution in [2.24, 2.45) is 0 Å². The van der Waals surface area contributed by atoms with E-state index in [4.69, 9.17) is 9.68 Å². The molecule has 0 aliphatic carbocycles. The van der Waals surface area contributed by atoms with Gasteiger partial charge in [0.25, 0.3) is 0 Å². The molecule has 1 fully saturated rings. The van der Waals surface area contributed by atoms with E-state index in [1.807, 2.05) is 6.07 Å². The third-order valence-electron chi connectivity index (χ3n) is 2.97. The molecular weight excluding hydrogens is 190 g/mol. The van der Waals surface area contributed by atoms with Gasteiger partial charge in [0, 0.05) is 0 Å². The Balaban J connectivity index is 2.07. The molecule has 0 N–H and O–H groups in total. The molecule has 1 heterocycles. The summed E-state index contributed by atoms with van der Waals surface area (Å²) in [5.41, 5.74) is 1.24. The van der Waals surface area contributed by atoms with Gasteiger partial charge in [0.15, 0.2) is 6.79 Å². The number of nitrogens with zero attached hydrogens (tertiary/aromatic N) is 1. The van der Waals surface area contributed by atoms with Gasteiger partial charge in [-0.2, -0.15) is 0 Å². The van der Waals surface area contributed by atoms with Crippen molar-refractivity contribution in [3.05, 3.63) is 35.9 Å². The molecule has 0 amide bonds. The van der Waals surface area contributed by atoms with E-state index in [1.165, 1.54) is 5.56 Å². The van der Waals surface area contributed by atoms with Gasteiger partial charge in [-0.3, -0.25) is 0 Å². The van der Waals surface area contributed by atoms with E-state index < -0.39 is 0 Å². The van der Waals surface area contributed by atoms with Gasteiger partial charge >= 0.3 is 0 Å². The first-order valence-electron chi connectivity index (χ1n) is 5.34. The average Bonchev–Trinajstić information content (AvgIpc) is 2.16. The maximum Gasteiger partial charge on any atom is 0.192 e. The lowest BCUT2D eigenvalue weighted by Gasteiger charge is -2.43. The predicted molar refractivity (Wildman–Crippen MR) is 57.7 cm³/mol. The average molecular weight is 207 g/mol. The normalized spacial score (nSPS) is 20.7. The summed E-state index contributed by atoms with van der Waals surface area (Å²) in [6.45, 7) is 4.68. The van der Waals surface area contributed by atoms with Crippen LogP contribution < -0.4 is 0 Å². The monoisotopic (exact) mass is 207 g/mol. The largest absolute Gasteiger partial charge is 0.243 e. The Morgan fingerprint density at radius 3 is 2.40 bits per heavy atom. The van der Waals surface area contributed by atoms with E-state index in [2.05, 4.69) is 38.1 Å². The lowest BCUT2D eigenvalue weighted by molar-refractivity contribution is -0.550. The van der Waals surface area contributed by atoms with Crippen LogP contribution in [0.2, 0.25) is 0 Å². The molecule has 3 nitrogen and oxygen atoms in total. The maximum atomic E-state index is 5.27. The van der Waals surface area contributed by atoms with Crippen molar-refractivity contribution in [2.45, 2.75) is 32.2 Å². The molecule has 82 valence electrons. The van der Waals surface area contributed by atoms with Crippen LogP contribution in [-0.2, 0) is 16.1 Å². The van der Waals surface area contributed by atoms with E-state index in [1.54, 1.807) is 5.23 Å². The number of hydrogen-bond donors (Lipinski definition) is 0. The lowest BCUT2D eigenvalue weighted by atomic mass is 9.91. The highest BCUT2D eigenvalue weighted by atomic mass is 17.1. The fourth-order valence-electron chi connectivity index (χ4n) is 1.77. The number of hydroxylamine groups is 2. The van der Waals surface area contributed by atoms with Gasteiger partial charge in [0.05, 0.1) is 5.54 Å². The highest BCUT2D eigenvalue weighted by Crippen LogP contribution is 2.28. The minimum Gasteiger partial charge on any atom is -0.243 e. The fourth-order valence-corrected chi connectivity index (χ4v) is 1.77. The maximum absolute atomic E-state index is 5.27. The van der Waals surface area contributed by atoms with Crippen LogP contribution in [0.4, 0.5) is 0 Å². The Morgan fingerprint density at radius 2 is 1.93 bits per heavy atom. The molecule has 0 aromatic heterocycles. The molecule has 0 saturated carbocycles. The summed E-state index contributed by atoms with van der Waals surface area (Å²) in [7, 11) is 0. The predicted octanol–water partition coefficient (Wildman–Crippen LogP) is 2.53. The molecule has 1 saturated heterocycles. The highest BCUT2D eigenvalue weighted by Gasteiger charge is 2.37. The zero-order valence-electron chi connectivity index (χ0n) is 9.27. The van der Waals surface area contributed by atoms with Crippen LogP contribution in [0, 0.1) is 0 Å². The Hall–Kier alpha value is -0.900. The third-order valence-corrected chi connectivity index (χ3v) is 2.97. The van der Waals surface area contributed by atoms with E-state index in [-0.39, 0.29) is 5.54 Å².